The van der Waals surface area contributed by atoms with Crippen LogP contribution in [0.4, 0.5) is 5.69 Å². The summed E-state index contributed by atoms with van der Waals surface area (Å²) in [5.41, 5.74) is 3.71. The van der Waals surface area contributed by atoms with E-state index in [-0.39, 0.29) is 17.6 Å². The van der Waals surface area contributed by atoms with Gasteiger partial charge in [0.1, 0.15) is 11.8 Å². The van der Waals surface area contributed by atoms with E-state index in [0.717, 1.165) is 47.4 Å². The topological polar surface area (TPSA) is 88.9 Å². The number of hydrogen-bond donors (Lipinski definition) is 1. The summed E-state index contributed by atoms with van der Waals surface area (Å²) in [5, 5.41) is 14.0. The van der Waals surface area contributed by atoms with Gasteiger partial charge in [0, 0.05) is 28.2 Å². The maximum atomic E-state index is 13.6. The van der Waals surface area contributed by atoms with E-state index in [9.17, 15) is 4.79 Å². The molecular weight excluding hydrogens is 440 g/mol. The first-order valence-electron chi connectivity index (χ1n) is 12.5. The number of tetrazole rings is 1. The molecule has 0 saturated heterocycles. The first kappa shape index (κ1) is 21.8. The van der Waals surface area contributed by atoms with Crippen LogP contribution in [0.3, 0.4) is 0 Å². The van der Waals surface area contributed by atoms with Crippen LogP contribution >= 0.6 is 0 Å². The average Bonchev–Trinajstić information content (AvgIpc) is 3.50. The van der Waals surface area contributed by atoms with Gasteiger partial charge in [-0.2, -0.15) is 0 Å². The molecule has 1 N–H and O–H groups in total. The number of aromatic nitrogens is 5. The lowest BCUT2D eigenvalue weighted by atomic mass is 9.95. The summed E-state index contributed by atoms with van der Waals surface area (Å²) in [5.74, 6) is 1.48. The first-order chi connectivity index (χ1) is 17.1. The van der Waals surface area contributed by atoms with Gasteiger partial charge in [-0.1, -0.05) is 37.5 Å². The molecule has 35 heavy (non-hydrogen) atoms. The highest BCUT2D eigenvalue weighted by atomic mass is 16.5. The summed E-state index contributed by atoms with van der Waals surface area (Å²) in [6.07, 6.45) is 6.63. The molecule has 0 unspecified atom stereocenters. The molecule has 180 valence electrons. The van der Waals surface area contributed by atoms with Gasteiger partial charge < -0.3 is 14.6 Å². The van der Waals surface area contributed by atoms with Crippen LogP contribution in [0, 0.1) is 0 Å². The van der Waals surface area contributed by atoms with Crippen molar-refractivity contribution in [1.82, 2.24) is 25.2 Å². The van der Waals surface area contributed by atoms with Crippen LogP contribution in [0.15, 0.2) is 53.3 Å². The van der Waals surface area contributed by atoms with Crippen molar-refractivity contribution in [2.45, 2.75) is 63.6 Å². The molecule has 2 atom stereocenters. The van der Waals surface area contributed by atoms with Gasteiger partial charge in [-0.05, 0) is 72.5 Å². The second-order valence-electron chi connectivity index (χ2n) is 9.77. The molecule has 8 heteroatoms. The third kappa shape index (κ3) is 3.77. The number of para-hydroxylation sites is 1. The minimum Gasteiger partial charge on any atom is -0.497 e. The Labute approximate surface area is 203 Å². The van der Waals surface area contributed by atoms with Gasteiger partial charge in [0.25, 0.3) is 5.56 Å². The predicted molar refractivity (Wildman–Crippen MR) is 135 cm³/mol. The molecule has 0 spiro atoms. The molecule has 2 aromatic carbocycles. The van der Waals surface area contributed by atoms with Crippen LogP contribution in [0.5, 0.6) is 5.75 Å². The number of nitrogens with one attached hydrogen (secondary N) is 1. The van der Waals surface area contributed by atoms with E-state index >= 15 is 0 Å². The van der Waals surface area contributed by atoms with Crippen LogP contribution < -0.4 is 15.2 Å². The number of anilines is 1. The number of aromatic amines is 1. The normalized spacial score (nSPS) is 19.1. The SMILES string of the molecule is COc1ccc2[nH]c(=O)c([C@H](c3nnnn3C3CCCCC3)N3c4ccccc4C[C@@H]3C)cc2c1. The second-order valence-corrected chi connectivity index (χ2v) is 9.77. The Morgan fingerprint density at radius 1 is 1.09 bits per heavy atom. The molecule has 6 rings (SSSR count). The molecule has 1 aliphatic heterocycles. The van der Waals surface area contributed by atoms with Crippen LogP contribution in [-0.4, -0.2) is 38.3 Å². The smallest absolute Gasteiger partial charge is 0.254 e. The summed E-state index contributed by atoms with van der Waals surface area (Å²) in [7, 11) is 1.65. The number of nitrogens with zero attached hydrogens (tertiary/aromatic N) is 5. The van der Waals surface area contributed by atoms with Gasteiger partial charge in [-0.15, -0.1) is 5.10 Å². The molecule has 1 saturated carbocycles. The summed E-state index contributed by atoms with van der Waals surface area (Å²) in [6.45, 7) is 2.21. The van der Waals surface area contributed by atoms with E-state index < -0.39 is 6.04 Å². The summed E-state index contributed by atoms with van der Waals surface area (Å²) >= 11 is 0. The lowest BCUT2D eigenvalue weighted by Crippen LogP contribution is -2.39. The number of methoxy groups -OCH3 is 1. The van der Waals surface area contributed by atoms with Crippen molar-refractivity contribution in [2.24, 2.45) is 0 Å². The van der Waals surface area contributed by atoms with Crippen molar-refractivity contribution in [2.75, 3.05) is 12.0 Å². The lowest BCUT2D eigenvalue weighted by molar-refractivity contribution is 0.312. The molecule has 8 nitrogen and oxygen atoms in total. The number of pyridine rings is 1. The van der Waals surface area contributed by atoms with Crippen LogP contribution in [0.25, 0.3) is 10.9 Å². The van der Waals surface area contributed by atoms with Gasteiger partial charge in [0.2, 0.25) is 0 Å². The number of rotatable bonds is 5. The van der Waals surface area contributed by atoms with Crippen molar-refractivity contribution in [1.29, 1.82) is 0 Å². The van der Waals surface area contributed by atoms with E-state index in [1.807, 2.05) is 28.9 Å². The van der Waals surface area contributed by atoms with Gasteiger partial charge >= 0.3 is 0 Å². The van der Waals surface area contributed by atoms with Gasteiger partial charge in [-0.3, -0.25) is 4.79 Å². The monoisotopic (exact) mass is 470 g/mol. The lowest BCUT2D eigenvalue weighted by Gasteiger charge is -2.34. The van der Waals surface area contributed by atoms with Crippen LogP contribution in [-0.2, 0) is 6.42 Å². The van der Waals surface area contributed by atoms with Crippen molar-refractivity contribution < 1.29 is 4.74 Å². The summed E-state index contributed by atoms with van der Waals surface area (Å²) in [6, 6.07) is 16.1. The Hall–Kier alpha value is -3.68. The zero-order chi connectivity index (χ0) is 23.9. The zero-order valence-corrected chi connectivity index (χ0v) is 20.1. The highest BCUT2D eigenvalue weighted by molar-refractivity contribution is 5.81. The van der Waals surface area contributed by atoms with E-state index in [0.29, 0.717) is 5.56 Å². The fraction of sp³-hybridized carbons (Fsp3) is 0.407. The van der Waals surface area contributed by atoms with E-state index in [2.05, 4.69) is 56.6 Å². The number of ether oxygens (including phenoxy) is 1. The second kappa shape index (κ2) is 8.83. The van der Waals surface area contributed by atoms with Crippen molar-refractivity contribution in [3.8, 4) is 5.75 Å². The Morgan fingerprint density at radius 2 is 1.91 bits per heavy atom. The summed E-state index contributed by atoms with van der Waals surface area (Å²) < 4.78 is 7.44. The Balaban J connectivity index is 1.56. The predicted octanol–water partition coefficient (Wildman–Crippen LogP) is 4.57. The third-order valence-electron chi connectivity index (χ3n) is 7.60. The molecule has 1 fully saturated rings. The van der Waals surface area contributed by atoms with E-state index in [1.165, 1.54) is 24.8 Å². The molecule has 1 aliphatic carbocycles. The number of hydrogen-bond acceptors (Lipinski definition) is 6. The van der Waals surface area contributed by atoms with Gasteiger partial charge in [0.15, 0.2) is 5.82 Å². The maximum absolute atomic E-state index is 13.6. The Morgan fingerprint density at radius 3 is 2.74 bits per heavy atom. The minimum atomic E-state index is -0.412. The highest BCUT2D eigenvalue weighted by Crippen LogP contribution is 2.42. The molecule has 2 aliphatic rings. The maximum Gasteiger partial charge on any atom is 0.254 e. The standard InChI is InChI=1S/C27H30N6O2/c1-17-14-18-8-6-7-11-24(18)32(17)25(26-29-30-31-33(26)20-9-4-3-5-10-20)22-16-19-15-21(35-2)12-13-23(19)28-27(22)34/h6-8,11-13,15-17,20,25H,3-5,9-10,14H2,1-2H3,(H,28,34)/t17-,25+/m0/s1. The van der Waals surface area contributed by atoms with Crippen LogP contribution in [0.1, 0.15) is 68.1 Å². The van der Waals surface area contributed by atoms with E-state index in [1.54, 1.807) is 7.11 Å². The molecule has 3 heterocycles. The fourth-order valence-electron chi connectivity index (χ4n) is 5.89. The third-order valence-corrected chi connectivity index (χ3v) is 7.60. The Kier molecular flexibility index (Phi) is 5.51. The summed E-state index contributed by atoms with van der Waals surface area (Å²) in [4.78, 5) is 19.0. The average molecular weight is 471 g/mol. The molecule has 0 radical (unpaired) electrons. The van der Waals surface area contributed by atoms with E-state index in [4.69, 9.17) is 4.74 Å². The largest absolute Gasteiger partial charge is 0.497 e. The number of fused-ring (bicyclic) bond motifs is 2. The number of H-pyrrole nitrogens is 1. The van der Waals surface area contributed by atoms with Crippen molar-refractivity contribution in [3.63, 3.8) is 0 Å². The highest BCUT2D eigenvalue weighted by Gasteiger charge is 2.38. The molecular formula is C27H30N6O2. The van der Waals surface area contributed by atoms with Crippen molar-refractivity contribution >= 4 is 16.6 Å². The Bertz CT molecular complexity index is 1420. The molecule has 2 aromatic heterocycles. The minimum absolute atomic E-state index is 0.123. The zero-order valence-electron chi connectivity index (χ0n) is 20.1. The molecule has 0 amide bonds. The fourth-order valence-corrected chi connectivity index (χ4v) is 5.89. The number of benzene rings is 2. The molecule has 4 aromatic rings. The van der Waals surface area contributed by atoms with Gasteiger partial charge in [-0.25, -0.2) is 4.68 Å². The first-order valence-corrected chi connectivity index (χ1v) is 12.5. The quantitative estimate of drug-likeness (QED) is 0.460. The van der Waals surface area contributed by atoms with Crippen molar-refractivity contribution in [3.05, 3.63) is 75.8 Å². The van der Waals surface area contributed by atoms with Gasteiger partial charge in [0.05, 0.1) is 13.2 Å². The molecule has 0 bridgehead atoms. The van der Waals surface area contributed by atoms with Crippen LogP contribution in [0.2, 0.25) is 0 Å².